The smallest absolute Gasteiger partial charge is 0.254 e. The second kappa shape index (κ2) is 7.64. The molecule has 0 aromatic heterocycles. The van der Waals surface area contributed by atoms with Gasteiger partial charge < -0.3 is 10.6 Å². The van der Waals surface area contributed by atoms with Crippen LogP contribution >= 0.6 is 0 Å². The molecule has 0 saturated carbocycles. The molecule has 1 fully saturated rings. The van der Waals surface area contributed by atoms with Crippen LogP contribution in [0.5, 0.6) is 0 Å². The van der Waals surface area contributed by atoms with Crippen LogP contribution in [0, 0.1) is 11.6 Å². The first kappa shape index (κ1) is 18.0. The number of nitrogens with two attached hydrogens (primary N) is 1. The summed E-state index contributed by atoms with van der Waals surface area (Å²) in [5.41, 5.74) is 6.59. The Labute approximate surface area is 150 Å². The SMILES string of the molecule is NC(=O)C[C@@H]1CCCCN1C(=O)c1ccc(-c2ccc(F)cc2F)cc1. The number of piperidine rings is 1. The molecule has 2 aromatic rings. The van der Waals surface area contributed by atoms with Crippen LogP contribution in [-0.2, 0) is 4.79 Å². The topological polar surface area (TPSA) is 63.4 Å². The monoisotopic (exact) mass is 358 g/mol. The lowest BCUT2D eigenvalue weighted by molar-refractivity contribution is -0.119. The molecule has 136 valence electrons. The van der Waals surface area contributed by atoms with E-state index in [0.29, 0.717) is 17.7 Å². The number of hydrogen-bond acceptors (Lipinski definition) is 2. The number of likely N-dealkylation sites (tertiary alicyclic amines) is 1. The van der Waals surface area contributed by atoms with Crippen molar-refractivity contribution in [2.75, 3.05) is 6.54 Å². The number of hydrogen-bond donors (Lipinski definition) is 1. The highest BCUT2D eigenvalue weighted by atomic mass is 19.1. The summed E-state index contributed by atoms with van der Waals surface area (Å²) in [6, 6.07) is 9.73. The maximum absolute atomic E-state index is 13.9. The van der Waals surface area contributed by atoms with Crippen molar-refractivity contribution in [3.05, 3.63) is 59.7 Å². The summed E-state index contributed by atoms with van der Waals surface area (Å²) in [7, 11) is 0. The van der Waals surface area contributed by atoms with E-state index in [1.165, 1.54) is 12.1 Å². The van der Waals surface area contributed by atoms with Gasteiger partial charge in [-0.1, -0.05) is 12.1 Å². The molecular formula is C20H20F2N2O2. The first-order valence-electron chi connectivity index (χ1n) is 8.60. The molecule has 26 heavy (non-hydrogen) atoms. The summed E-state index contributed by atoms with van der Waals surface area (Å²) in [5, 5.41) is 0. The predicted molar refractivity (Wildman–Crippen MR) is 94.3 cm³/mol. The molecule has 0 unspecified atom stereocenters. The Morgan fingerprint density at radius 2 is 1.81 bits per heavy atom. The highest BCUT2D eigenvalue weighted by Crippen LogP contribution is 2.26. The predicted octanol–water partition coefficient (Wildman–Crippen LogP) is 3.50. The Morgan fingerprint density at radius 1 is 1.08 bits per heavy atom. The van der Waals surface area contributed by atoms with Gasteiger partial charge in [0.05, 0.1) is 0 Å². The molecular weight excluding hydrogens is 338 g/mol. The van der Waals surface area contributed by atoms with Crippen molar-refractivity contribution in [2.45, 2.75) is 31.7 Å². The van der Waals surface area contributed by atoms with Gasteiger partial charge in [-0.2, -0.15) is 0 Å². The zero-order chi connectivity index (χ0) is 18.7. The van der Waals surface area contributed by atoms with Crippen LogP contribution in [0.4, 0.5) is 8.78 Å². The summed E-state index contributed by atoms with van der Waals surface area (Å²) < 4.78 is 26.9. The molecule has 3 rings (SSSR count). The molecule has 1 saturated heterocycles. The van der Waals surface area contributed by atoms with Crippen LogP contribution < -0.4 is 5.73 Å². The number of rotatable bonds is 4. The maximum Gasteiger partial charge on any atom is 0.254 e. The largest absolute Gasteiger partial charge is 0.370 e. The van der Waals surface area contributed by atoms with Crippen molar-refractivity contribution in [2.24, 2.45) is 5.73 Å². The van der Waals surface area contributed by atoms with E-state index in [1.807, 2.05) is 0 Å². The maximum atomic E-state index is 13.9. The Kier molecular flexibility index (Phi) is 5.30. The fraction of sp³-hybridized carbons (Fsp3) is 0.300. The van der Waals surface area contributed by atoms with E-state index in [1.54, 1.807) is 29.2 Å². The van der Waals surface area contributed by atoms with Gasteiger partial charge in [-0.05, 0) is 49.1 Å². The lowest BCUT2D eigenvalue weighted by Gasteiger charge is -2.35. The Hall–Kier alpha value is -2.76. The van der Waals surface area contributed by atoms with Gasteiger partial charge in [0, 0.05) is 36.2 Å². The lowest BCUT2D eigenvalue weighted by Crippen LogP contribution is -2.45. The minimum absolute atomic E-state index is 0.157. The molecule has 4 nitrogen and oxygen atoms in total. The van der Waals surface area contributed by atoms with E-state index < -0.39 is 17.5 Å². The standard InChI is InChI=1S/C20H20F2N2O2/c21-15-8-9-17(18(22)11-15)13-4-6-14(7-5-13)20(26)24-10-2-1-3-16(24)12-19(23)25/h4-9,11,16H,1-3,10,12H2,(H2,23,25)/t16-/m0/s1. The molecule has 2 aromatic carbocycles. The zero-order valence-electron chi connectivity index (χ0n) is 14.3. The van der Waals surface area contributed by atoms with E-state index in [-0.39, 0.29) is 23.9 Å². The van der Waals surface area contributed by atoms with Crippen LogP contribution in [0.1, 0.15) is 36.0 Å². The minimum atomic E-state index is -0.651. The number of carbonyl (C=O) groups excluding carboxylic acids is 2. The normalized spacial score (nSPS) is 17.2. The van der Waals surface area contributed by atoms with Gasteiger partial charge in [-0.25, -0.2) is 8.78 Å². The van der Waals surface area contributed by atoms with Crippen molar-refractivity contribution in [1.29, 1.82) is 0 Å². The summed E-state index contributed by atoms with van der Waals surface area (Å²) in [6.45, 7) is 0.588. The molecule has 1 heterocycles. The number of amides is 2. The number of halogens is 2. The Balaban J connectivity index is 1.81. The van der Waals surface area contributed by atoms with Gasteiger partial charge >= 0.3 is 0 Å². The van der Waals surface area contributed by atoms with Crippen LogP contribution in [0.15, 0.2) is 42.5 Å². The number of benzene rings is 2. The number of primary amides is 1. The first-order valence-corrected chi connectivity index (χ1v) is 8.60. The average molecular weight is 358 g/mol. The average Bonchev–Trinajstić information content (AvgIpc) is 2.61. The van der Waals surface area contributed by atoms with E-state index in [9.17, 15) is 18.4 Å². The highest BCUT2D eigenvalue weighted by Gasteiger charge is 2.28. The van der Waals surface area contributed by atoms with Crippen LogP contribution in [-0.4, -0.2) is 29.3 Å². The Morgan fingerprint density at radius 3 is 2.46 bits per heavy atom. The first-order chi connectivity index (χ1) is 12.5. The van der Waals surface area contributed by atoms with E-state index in [4.69, 9.17) is 5.73 Å². The number of carbonyl (C=O) groups is 2. The molecule has 2 N–H and O–H groups in total. The third kappa shape index (κ3) is 3.90. The van der Waals surface area contributed by atoms with Gasteiger partial charge in [0.2, 0.25) is 5.91 Å². The second-order valence-corrected chi connectivity index (χ2v) is 6.52. The van der Waals surface area contributed by atoms with Gasteiger partial charge in [-0.3, -0.25) is 9.59 Å². The summed E-state index contributed by atoms with van der Waals surface area (Å²) >= 11 is 0. The molecule has 1 aliphatic heterocycles. The highest BCUT2D eigenvalue weighted by molar-refractivity contribution is 5.95. The van der Waals surface area contributed by atoms with E-state index in [2.05, 4.69) is 0 Å². The quantitative estimate of drug-likeness (QED) is 0.909. The van der Waals surface area contributed by atoms with E-state index >= 15 is 0 Å². The van der Waals surface area contributed by atoms with Crippen LogP contribution in [0.3, 0.4) is 0 Å². The van der Waals surface area contributed by atoms with Gasteiger partial charge in [0.25, 0.3) is 5.91 Å². The third-order valence-electron chi connectivity index (χ3n) is 4.70. The molecule has 0 radical (unpaired) electrons. The van der Waals surface area contributed by atoms with Crippen molar-refractivity contribution in [3.63, 3.8) is 0 Å². The second-order valence-electron chi connectivity index (χ2n) is 6.52. The molecule has 0 aliphatic carbocycles. The van der Waals surface area contributed by atoms with Gasteiger partial charge in [0.15, 0.2) is 0 Å². The molecule has 6 heteroatoms. The van der Waals surface area contributed by atoms with Crippen molar-refractivity contribution >= 4 is 11.8 Å². The third-order valence-corrected chi connectivity index (χ3v) is 4.70. The molecule has 0 bridgehead atoms. The summed E-state index contributed by atoms with van der Waals surface area (Å²) in [5.74, 6) is -1.87. The summed E-state index contributed by atoms with van der Waals surface area (Å²) in [6.07, 6.45) is 2.77. The molecule has 1 atom stereocenters. The van der Waals surface area contributed by atoms with Crippen LogP contribution in [0.25, 0.3) is 11.1 Å². The van der Waals surface area contributed by atoms with Crippen molar-refractivity contribution < 1.29 is 18.4 Å². The molecule has 2 amide bonds. The van der Waals surface area contributed by atoms with E-state index in [0.717, 1.165) is 25.3 Å². The lowest BCUT2D eigenvalue weighted by atomic mass is 9.97. The minimum Gasteiger partial charge on any atom is -0.370 e. The fourth-order valence-electron chi connectivity index (χ4n) is 3.39. The van der Waals surface area contributed by atoms with Gasteiger partial charge in [-0.15, -0.1) is 0 Å². The zero-order valence-corrected chi connectivity index (χ0v) is 14.3. The summed E-state index contributed by atoms with van der Waals surface area (Å²) in [4.78, 5) is 25.7. The van der Waals surface area contributed by atoms with Crippen molar-refractivity contribution in [1.82, 2.24) is 4.90 Å². The molecule has 0 spiro atoms. The van der Waals surface area contributed by atoms with Crippen LogP contribution in [0.2, 0.25) is 0 Å². The van der Waals surface area contributed by atoms with Crippen molar-refractivity contribution in [3.8, 4) is 11.1 Å². The molecule has 1 aliphatic rings. The number of nitrogens with zero attached hydrogens (tertiary/aromatic N) is 1. The van der Waals surface area contributed by atoms with Gasteiger partial charge in [0.1, 0.15) is 11.6 Å². The Bertz CT molecular complexity index is 821. The fourth-order valence-corrected chi connectivity index (χ4v) is 3.39.